The number of aromatic nitrogens is 6. The summed E-state index contributed by atoms with van der Waals surface area (Å²) in [6.07, 6.45) is 1.77. The molecule has 0 saturated heterocycles. The maximum absolute atomic E-state index is 12.6. The molecular formula is C38H28N12O22S6-8. The zero-order valence-corrected chi connectivity index (χ0v) is 43.4. The Morgan fingerprint density at radius 2 is 0.731 bits per heavy atom. The molecule has 6 rings (SSSR count). The van der Waals surface area contributed by atoms with Crippen LogP contribution in [0.25, 0.3) is 12.2 Å². The number of carboxylic acids is 2. The largest absolute Gasteiger partial charge is 0.744 e. The molecular weight excluding hydrogens is 1170 g/mol. The van der Waals surface area contributed by atoms with Crippen molar-refractivity contribution in [3.8, 4) is 0 Å². The van der Waals surface area contributed by atoms with Crippen LogP contribution in [0.5, 0.6) is 0 Å². The van der Waals surface area contributed by atoms with E-state index in [9.17, 15) is 97.6 Å². The topological polar surface area (TPSA) is 555 Å². The molecule has 2 aromatic heterocycles. The first-order valence-corrected chi connectivity index (χ1v) is 28.7. The number of carbonyl (C=O) groups is 2. The highest BCUT2D eigenvalue weighted by atomic mass is 32.2. The Labute approximate surface area is 440 Å². The Morgan fingerprint density at radius 1 is 0.423 bits per heavy atom. The molecule has 0 saturated carbocycles. The first-order chi connectivity index (χ1) is 35.8. The second kappa shape index (κ2) is 22.1. The number of nitrogens with one attached hydrogen (secondary N) is 4. The Morgan fingerprint density at radius 3 is 1.01 bits per heavy atom. The molecule has 416 valence electrons. The number of benzene rings is 4. The molecule has 0 unspecified atom stereocenters. The zero-order valence-electron chi connectivity index (χ0n) is 38.5. The van der Waals surface area contributed by atoms with Crippen molar-refractivity contribution >= 4 is 143 Å². The van der Waals surface area contributed by atoms with Crippen LogP contribution in [-0.2, 0) is 70.3 Å². The first-order valence-electron chi connectivity index (χ1n) is 20.3. The average Bonchev–Trinajstić information content (AvgIpc) is 3.30. The van der Waals surface area contributed by atoms with E-state index < -0.39 is 173 Å². The summed E-state index contributed by atoms with van der Waals surface area (Å²) in [5, 5.41) is 32.2. The van der Waals surface area contributed by atoms with Crippen LogP contribution < -0.4 is 41.3 Å². The molecule has 0 aliphatic carbocycles. The zero-order chi connectivity index (χ0) is 58.1. The SMILES string of the molecule is CN(CC(=O)[O-])c1nc(Nc2ccc(/C=C/c3ccc(Nc4nc(Nc5cc(S(=O)(=O)[O-])ccc5S(=O)(=O)[O-])nc(N(C)CC(=O)[O-])n4)cc3S(=O)(=O)[O-])c(S(=O)(=O)[O-])c2)nc(Nc2cc(S(=O)(=O)[O-])ccc2S(=O)(=O)[O-])n1. The van der Waals surface area contributed by atoms with Gasteiger partial charge in [0.05, 0.1) is 65.8 Å². The van der Waals surface area contributed by atoms with Crippen molar-refractivity contribution in [1.82, 2.24) is 29.9 Å². The van der Waals surface area contributed by atoms with Gasteiger partial charge in [-0.2, -0.15) is 29.9 Å². The maximum atomic E-state index is 12.6. The summed E-state index contributed by atoms with van der Waals surface area (Å²) < 4.78 is 218. The molecule has 34 nitrogen and oxygen atoms in total. The van der Waals surface area contributed by atoms with Crippen molar-refractivity contribution < 1.29 is 97.6 Å². The number of nitrogens with zero attached hydrogens (tertiary/aromatic N) is 8. The Kier molecular flexibility index (Phi) is 16.7. The third-order valence-corrected chi connectivity index (χ3v) is 14.9. The normalized spacial score (nSPS) is 12.5. The van der Waals surface area contributed by atoms with Gasteiger partial charge in [0.2, 0.25) is 35.7 Å². The molecule has 0 spiro atoms. The van der Waals surface area contributed by atoms with E-state index in [1.54, 1.807) is 0 Å². The van der Waals surface area contributed by atoms with Crippen LogP contribution in [0, 0.1) is 0 Å². The second-order valence-electron chi connectivity index (χ2n) is 15.4. The second-order valence-corrected chi connectivity index (χ2v) is 23.6. The van der Waals surface area contributed by atoms with Gasteiger partial charge < -0.3 is 78.2 Å². The minimum atomic E-state index is -5.50. The van der Waals surface area contributed by atoms with Gasteiger partial charge in [-0.25, -0.2) is 50.5 Å². The van der Waals surface area contributed by atoms with E-state index in [0.717, 1.165) is 60.3 Å². The van der Waals surface area contributed by atoms with Crippen molar-refractivity contribution in [2.24, 2.45) is 0 Å². The summed E-state index contributed by atoms with van der Waals surface area (Å²) in [7, 11) is -30.1. The quantitative estimate of drug-likeness (QED) is 0.0389. The maximum Gasteiger partial charge on any atom is 0.233 e. The molecule has 0 bridgehead atoms. The lowest BCUT2D eigenvalue weighted by molar-refractivity contribution is -0.304. The Balaban J connectivity index is 1.36. The summed E-state index contributed by atoms with van der Waals surface area (Å²) in [6, 6.07) is 8.43. The van der Waals surface area contributed by atoms with E-state index in [4.69, 9.17) is 0 Å². The molecule has 2 heterocycles. The van der Waals surface area contributed by atoms with Crippen LogP contribution in [0.15, 0.2) is 102 Å². The lowest BCUT2D eigenvalue weighted by Gasteiger charge is -2.20. The molecule has 78 heavy (non-hydrogen) atoms. The first kappa shape index (κ1) is 59.1. The lowest BCUT2D eigenvalue weighted by atomic mass is 10.1. The molecule has 4 aromatic carbocycles. The van der Waals surface area contributed by atoms with Crippen molar-refractivity contribution in [1.29, 1.82) is 0 Å². The van der Waals surface area contributed by atoms with E-state index in [-0.39, 0.29) is 11.4 Å². The van der Waals surface area contributed by atoms with Crippen LogP contribution in [0.3, 0.4) is 0 Å². The van der Waals surface area contributed by atoms with E-state index >= 15 is 0 Å². The summed E-state index contributed by atoms with van der Waals surface area (Å²) in [5.41, 5.74) is -3.29. The molecule has 0 fully saturated rings. The van der Waals surface area contributed by atoms with Gasteiger partial charge in [0.25, 0.3) is 0 Å². The number of hydrogen-bond donors (Lipinski definition) is 4. The molecule has 4 N–H and O–H groups in total. The number of rotatable bonds is 22. The van der Waals surface area contributed by atoms with Gasteiger partial charge >= 0.3 is 0 Å². The number of carboxylic acid groups (broad SMARTS) is 2. The predicted octanol–water partition coefficient (Wildman–Crippen LogP) is -3.00. The highest BCUT2D eigenvalue weighted by Crippen LogP contribution is 2.32. The van der Waals surface area contributed by atoms with Gasteiger partial charge in [-0.05, 0) is 71.8 Å². The minimum Gasteiger partial charge on any atom is -0.744 e. The smallest absolute Gasteiger partial charge is 0.233 e. The van der Waals surface area contributed by atoms with Crippen LogP contribution in [0.4, 0.5) is 58.4 Å². The monoisotopic (exact) mass is 1200 g/mol. The van der Waals surface area contributed by atoms with Crippen molar-refractivity contribution in [3.63, 3.8) is 0 Å². The van der Waals surface area contributed by atoms with Gasteiger partial charge in [0, 0.05) is 25.5 Å². The minimum absolute atomic E-state index is 0.335. The molecule has 0 amide bonds. The van der Waals surface area contributed by atoms with Crippen molar-refractivity contribution in [3.05, 3.63) is 83.9 Å². The van der Waals surface area contributed by atoms with E-state index in [1.807, 2.05) is 0 Å². The molecule has 0 radical (unpaired) electrons. The fourth-order valence-corrected chi connectivity index (χ4v) is 10.0. The Hall–Kier alpha value is -8.16. The molecule has 0 aliphatic rings. The highest BCUT2D eigenvalue weighted by molar-refractivity contribution is 7.87. The van der Waals surface area contributed by atoms with E-state index in [0.29, 0.717) is 48.5 Å². The van der Waals surface area contributed by atoms with Crippen molar-refractivity contribution in [2.75, 3.05) is 58.3 Å². The van der Waals surface area contributed by atoms with Gasteiger partial charge in [0.15, 0.2) is 0 Å². The fourth-order valence-electron chi connectivity index (χ4n) is 6.40. The average molecular weight is 1200 g/mol. The molecule has 0 atom stereocenters. The Bertz CT molecular complexity index is 3910. The van der Waals surface area contributed by atoms with Crippen LogP contribution >= 0.6 is 0 Å². The molecule has 0 aliphatic heterocycles. The van der Waals surface area contributed by atoms with Gasteiger partial charge in [-0.3, -0.25) is 0 Å². The predicted molar refractivity (Wildman–Crippen MR) is 252 cm³/mol. The number of hydrogen-bond acceptors (Lipinski definition) is 34. The highest BCUT2D eigenvalue weighted by Gasteiger charge is 2.21. The van der Waals surface area contributed by atoms with Gasteiger partial charge in [0.1, 0.15) is 60.7 Å². The summed E-state index contributed by atoms with van der Waals surface area (Å²) >= 11 is 0. The molecule has 40 heteroatoms. The summed E-state index contributed by atoms with van der Waals surface area (Å²) in [5.74, 6) is -7.26. The van der Waals surface area contributed by atoms with Gasteiger partial charge in [-0.1, -0.05) is 24.3 Å². The summed E-state index contributed by atoms with van der Waals surface area (Å²) in [4.78, 5) is 41.8. The number of aliphatic carboxylic acids is 2. The van der Waals surface area contributed by atoms with Crippen molar-refractivity contribution in [2.45, 2.75) is 29.4 Å². The lowest BCUT2D eigenvalue weighted by Crippen LogP contribution is -2.36. The van der Waals surface area contributed by atoms with Crippen LogP contribution in [0.2, 0.25) is 0 Å². The number of likely N-dealkylation sites (N-methyl/N-ethyl adjacent to an activating group) is 2. The van der Waals surface area contributed by atoms with Gasteiger partial charge in [-0.15, -0.1) is 0 Å². The van der Waals surface area contributed by atoms with Crippen LogP contribution in [0.1, 0.15) is 11.1 Å². The number of carbonyl (C=O) groups excluding carboxylic acids is 2. The third kappa shape index (κ3) is 15.3. The number of anilines is 10. The van der Waals surface area contributed by atoms with E-state index in [1.165, 1.54) is 0 Å². The third-order valence-electron chi connectivity index (χ3n) is 9.69. The fraction of sp³-hybridized carbons (Fsp3) is 0.105. The molecule has 6 aromatic rings. The van der Waals surface area contributed by atoms with E-state index in [2.05, 4.69) is 51.2 Å². The standard InChI is InChI=1S/C38H36N12O22S6/c1-49(17-31(51)52)37-45-33(43-35(47-37)41-25-15-23(73(55,56)57)9-11-27(25)75(61,62)63)39-21-7-5-19(29(13-21)77(67,68)69)3-4-20-6-8-22(14-30(20)78(70,71)72)40-34-44-36(48-38(46-34)50(2)18-32(53)54)42-26-16-24(74(58,59)60)10-12-28(26)76(64,65)66/h3-16H,17-18H2,1-2H3,(H,51,52)(H,53,54)(H,55,56,57)(H,58,59,60)(H,61,62,63)(H,64,65,66)(H,67,68,69)(H,70,71,72)(H2,39,41,43,45,47)(H2,40,42,44,46,48)/p-8/b4-3+. The summed E-state index contributed by atoms with van der Waals surface area (Å²) in [6.45, 7) is -1.82. The van der Waals surface area contributed by atoms with Crippen LogP contribution in [-0.4, -0.2) is 147 Å².